The van der Waals surface area contributed by atoms with E-state index >= 15 is 0 Å². The predicted molar refractivity (Wildman–Crippen MR) is 128 cm³/mol. The highest BCUT2D eigenvalue weighted by Crippen LogP contribution is 2.46. The maximum atomic E-state index is 6.30. The number of benzene rings is 1. The van der Waals surface area contributed by atoms with Gasteiger partial charge in [-0.25, -0.2) is 0 Å². The summed E-state index contributed by atoms with van der Waals surface area (Å²) >= 11 is 3.53. The third-order valence-electron chi connectivity index (χ3n) is 6.58. The largest absolute Gasteiger partial charge is 0.460 e. The van der Waals surface area contributed by atoms with Gasteiger partial charge in [-0.2, -0.15) is 0 Å². The van der Waals surface area contributed by atoms with E-state index in [4.69, 9.17) is 8.83 Å². The summed E-state index contributed by atoms with van der Waals surface area (Å²) in [7, 11) is 0. The molecule has 0 saturated heterocycles. The van der Waals surface area contributed by atoms with Crippen LogP contribution in [-0.2, 0) is 25.7 Å². The highest BCUT2D eigenvalue weighted by molar-refractivity contribution is 7.15. The van der Waals surface area contributed by atoms with Crippen LogP contribution in [0.3, 0.4) is 0 Å². The van der Waals surface area contributed by atoms with Gasteiger partial charge >= 0.3 is 0 Å². The topological polar surface area (TPSA) is 26.3 Å². The van der Waals surface area contributed by atoms with E-state index in [0.29, 0.717) is 0 Å². The van der Waals surface area contributed by atoms with Gasteiger partial charge in [-0.05, 0) is 77.7 Å². The van der Waals surface area contributed by atoms with Crippen molar-refractivity contribution in [3.8, 4) is 43.5 Å². The van der Waals surface area contributed by atoms with Crippen molar-refractivity contribution in [1.82, 2.24) is 0 Å². The van der Waals surface area contributed by atoms with Crippen molar-refractivity contribution < 1.29 is 8.83 Å². The summed E-state index contributed by atoms with van der Waals surface area (Å²) < 4.78 is 12.6. The zero-order valence-electron chi connectivity index (χ0n) is 17.2. The summed E-state index contributed by atoms with van der Waals surface area (Å²) in [5.41, 5.74) is 8.27. The summed E-state index contributed by atoms with van der Waals surface area (Å²) in [5.74, 6) is 4.27. The fourth-order valence-corrected chi connectivity index (χ4v) is 6.66. The molecule has 2 aliphatic carbocycles. The molecule has 0 fully saturated rings. The number of aryl methyl sites for hydroxylation is 3. The Labute approximate surface area is 188 Å². The van der Waals surface area contributed by atoms with Gasteiger partial charge in [-0.15, -0.1) is 22.7 Å². The molecule has 2 nitrogen and oxygen atoms in total. The van der Waals surface area contributed by atoms with Gasteiger partial charge in [0.15, 0.2) is 0 Å². The van der Waals surface area contributed by atoms with Crippen LogP contribution in [0.1, 0.15) is 27.5 Å². The third-order valence-corrected chi connectivity index (χ3v) is 8.48. The van der Waals surface area contributed by atoms with Crippen LogP contribution >= 0.6 is 22.7 Å². The molecule has 0 amide bonds. The minimum absolute atomic E-state index is 0.974. The lowest BCUT2D eigenvalue weighted by Gasteiger charge is -2.24. The Morgan fingerprint density at radius 3 is 1.87 bits per heavy atom. The van der Waals surface area contributed by atoms with E-state index in [1.54, 1.807) is 22.7 Å². The molecular weight excluding hydrogens is 420 g/mol. The number of rotatable bonds is 2. The van der Waals surface area contributed by atoms with E-state index in [2.05, 4.69) is 60.8 Å². The normalized spacial score (nSPS) is 14.1. The van der Waals surface area contributed by atoms with Crippen LogP contribution in [0.4, 0.5) is 0 Å². The standard InChI is InChI=1S/C27H20O2S2/c1-15-4-11-27(31-15)25-14-21-19-6-5-18-16(17(19)8-10-23(21)29-25)7-9-22-20(18)13-24(28-22)26-3-2-12-30-26/h2-6,11-14H,7-10H2,1H3. The molecule has 7 rings (SSSR count). The molecule has 1 aromatic carbocycles. The average Bonchev–Trinajstić information content (AvgIpc) is 3.57. The maximum Gasteiger partial charge on any atom is 0.144 e. The molecule has 4 heteroatoms. The van der Waals surface area contributed by atoms with E-state index in [1.165, 1.54) is 48.0 Å². The molecular formula is C27H20O2S2. The molecule has 5 aromatic rings. The SMILES string of the molecule is Cc1ccc(-c2cc3c(o2)CCc2c-3ccc3c2CCc2oc(-c4cccs4)cc2-3)s1. The molecule has 0 atom stereocenters. The van der Waals surface area contributed by atoms with E-state index in [1.807, 2.05) is 0 Å². The minimum Gasteiger partial charge on any atom is -0.460 e. The van der Waals surface area contributed by atoms with Gasteiger partial charge in [0.2, 0.25) is 0 Å². The lowest BCUT2D eigenvalue weighted by atomic mass is 9.79. The monoisotopic (exact) mass is 440 g/mol. The highest BCUT2D eigenvalue weighted by atomic mass is 32.1. The first-order valence-corrected chi connectivity index (χ1v) is 12.5. The maximum absolute atomic E-state index is 6.30. The number of fused-ring (bicyclic) bond motifs is 7. The molecule has 0 bridgehead atoms. The van der Waals surface area contributed by atoms with Crippen molar-refractivity contribution in [3.05, 3.63) is 81.4 Å². The Hall–Kier alpha value is -2.82. The van der Waals surface area contributed by atoms with E-state index in [-0.39, 0.29) is 0 Å². The van der Waals surface area contributed by atoms with Crippen molar-refractivity contribution in [2.24, 2.45) is 0 Å². The fourth-order valence-electron chi connectivity index (χ4n) is 5.16. The smallest absolute Gasteiger partial charge is 0.144 e. The van der Waals surface area contributed by atoms with Crippen LogP contribution in [0.2, 0.25) is 0 Å². The van der Waals surface area contributed by atoms with Crippen LogP contribution in [-0.4, -0.2) is 0 Å². The molecule has 0 unspecified atom stereocenters. The van der Waals surface area contributed by atoms with Crippen LogP contribution < -0.4 is 0 Å². The summed E-state index contributed by atoms with van der Waals surface area (Å²) in [6, 6.07) is 17.7. The summed E-state index contributed by atoms with van der Waals surface area (Å²) in [6.45, 7) is 2.15. The molecule has 4 heterocycles. The average molecular weight is 441 g/mol. The molecule has 0 N–H and O–H groups in total. The number of hydrogen-bond acceptors (Lipinski definition) is 4. The summed E-state index contributed by atoms with van der Waals surface area (Å²) in [4.78, 5) is 3.74. The summed E-state index contributed by atoms with van der Waals surface area (Å²) in [5, 5.41) is 2.11. The van der Waals surface area contributed by atoms with Gasteiger partial charge in [-0.1, -0.05) is 18.2 Å². The Morgan fingerprint density at radius 2 is 1.32 bits per heavy atom. The van der Waals surface area contributed by atoms with Crippen molar-refractivity contribution in [3.63, 3.8) is 0 Å². The first-order valence-electron chi connectivity index (χ1n) is 10.8. The van der Waals surface area contributed by atoms with Crippen LogP contribution in [0, 0.1) is 6.92 Å². The molecule has 152 valence electrons. The summed E-state index contributed by atoms with van der Waals surface area (Å²) in [6.07, 6.45) is 4.05. The molecule has 0 saturated carbocycles. The first-order chi connectivity index (χ1) is 15.2. The van der Waals surface area contributed by atoms with Crippen molar-refractivity contribution in [2.45, 2.75) is 32.6 Å². The lowest BCUT2D eigenvalue weighted by Crippen LogP contribution is -2.10. The second-order valence-corrected chi connectivity index (χ2v) is 10.6. The van der Waals surface area contributed by atoms with Crippen molar-refractivity contribution in [1.29, 1.82) is 0 Å². The molecule has 4 aromatic heterocycles. The van der Waals surface area contributed by atoms with Gasteiger partial charge in [0.05, 0.1) is 9.75 Å². The van der Waals surface area contributed by atoms with Crippen LogP contribution in [0.25, 0.3) is 43.5 Å². The second-order valence-electron chi connectivity index (χ2n) is 8.40. The Morgan fingerprint density at radius 1 is 0.677 bits per heavy atom. The Kier molecular flexibility index (Phi) is 3.79. The Balaban J connectivity index is 1.34. The van der Waals surface area contributed by atoms with Crippen molar-refractivity contribution in [2.75, 3.05) is 0 Å². The molecule has 0 aliphatic heterocycles. The third kappa shape index (κ3) is 2.68. The van der Waals surface area contributed by atoms with Crippen LogP contribution in [0.5, 0.6) is 0 Å². The quantitative estimate of drug-likeness (QED) is 0.277. The molecule has 31 heavy (non-hydrogen) atoms. The number of furan rings is 2. The molecule has 0 spiro atoms. The predicted octanol–water partition coefficient (Wildman–Crippen LogP) is 8.17. The zero-order valence-corrected chi connectivity index (χ0v) is 18.8. The van der Waals surface area contributed by atoms with E-state index in [9.17, 15) is 0 Å². The van der Waals surface area contributed by atoms with Gasteiger partial charge in [0.25, 0.3) is 0 Å². The van der Waals surface area contributed by atoms with Crippen molar-refractivity contribution >= 4 is 22.7 Å². The van der Waals surface area contributed by atoms with Gasteiger partial charge in [0, 0.05) is 28.8 Å². The molecule has 2 aliphatic rings. The van der Waals surface area contributed by atoms with E-state index < -0.39 is 0 Å². The van der Waals surface area contributed by atoms with Gasteiger partial charge in [-0.3, -0.25) is 0 Å². The zero-order chi connectivity index (χ0) is 20.5. The number of thiophene rings is 2. The van der Waals surface area contributed by atoms with Crippen LogP contribution in [0.15, 0.2) is 62.7 Å². The minimum atomic E-state index is 0.974. The second kappa shape index (κ2) is 6.59. The highest BCUT2D eigenvalue weighted by Gasteiger charge is 2.29. The van der Waals surface area contributed by atoms with Gasteiger partial charge < -0.3 is 8.83 Å². The first kappa shape index (κ1) is 17.8. The van der Waals surface area contributed by atoms with Gasteiger partial charge in [0.1, 0.15) is 23.0 Å². The lowest BCUT2D eigenvalue weighted by molar-refractivity contribution is 0.516. The number of hydrogen-bond donors (Lipinski definition) is 0. The van der Waals surface area contributed by atoms with E-state index in [0.717, 1.165) is 48.7 Å². The molecule has 0 radical (unpaired) electrons. The fraction of sp³-hybridized carbons (Fsp3) is 0.185. The Bertz CT molecular complexity index is 1440.